The van der Waals surface area contributed by atoms with E-state index in [-0.39, 0.29) is 5.54 Å². The van der Waals surface area contributed by atoms with Gasteiger partial charge in [0.2, 0.25) is 0 Å². The molecular formula is C42H53N3. The summed E-state index contributed by atoms with van der Waals surface area (Å²) in [6, 6.07) is 25.8. The third kappa shape index (κ3) is 8.79. The second-order valence-electron chi connectivity index (χ2n) is 13.8. The Labute approximate surface area is 272 Å². The molecule has 0 saturated heterocycles. The number of aryl methyl sites for hydroxylation is 1. The van der Waals surface area contributed by atoms with Gasteiger partial charge in [0.25, 0.3) is 0 Å². The van der Waals surface area contributed by atoms with Gasteiger partial charge in [0.1, 0.15) is 0 Å². The minimum absolute atomic E-state index is 0.0540. The molecule has 0 fully saturated rings. The third-order valence-corrected chi connectivity index (χ3v) is 6.91. The van der Waals surface area contributed by atoms with Crippen LogP contribution in [0.15, 0.2) is 145 Å². The van der Waals surface area contributed by atoms with Crippen LogP contribution < -0.4 is 5.32 Å². The van der Waals surface area contributed by atoms with Crippen LogP contribution in [0.3, 0.4) is 0 Å². The molecule has 236 valence electrons. The van der Waals surface area contributed by atoms with Gasteiger partial charge < -0.3 is 14.8 Å². The van der Waals surface area contributed by atoms with Crippen LogP contribution in [0.1, 0.15) is 67.9 Å². The molecule has 1 aliphatic rings. The highest BCUT2D eigenvalue weighted by molar-refractivity contribution is 6.09. The maximum absolute atomic E-state index is 3.98. The van der Waals surface area contributed by atoms with Crippen molar-refractivity contribution in [3.8, 4) is 5.69 Å². The van der Waals surface area contributed by atoms with Crippen LogP contribution in [-0.2, 0) is 0 Å². The van der Waals surface area contributed by atoms with Crippen LogP contribution in [0.4, 0.5) is 0 Å². The minimum Gasteiger partial charge on any atom is -0.352 e. The average Bonchev–Trinajstić information content (AvgIpc) is 3.30. The predicted molar refractivity (Wildman–Crippen MR) is 199 cm³/mol. The molecule has 0 spiro atoms. The summed E-state index contributed by atoms with van der Waals surface area (Å²) in [6.45, 7) is 29.3. The van der Waals surface area contributed by atoms with E-state index in [9.17, 15) is 0 Å². The summed E-state index contributed by atoms with van der Waals surface area (Å²) in [5.41, 5.74) is 9.82. The lowest BCUT2D eigenvalue weighted by Crippen LogP contribution is -2.45. The average molecular weight is 600 g/mol. The largest absolute Gasteiger partial charge is 0.352 e. The third-order valence-electron chi connectivity index (χ3n) is 6.91. The molecule has 0 atom stereocenters. The first kappa shape index (κ1) is 35.0. The SMILES string of the molecule is C=C/C=C1\C(=C/C)NC(/C=C\C)=C(C=C)N1C(C)(C)C.CC(C)(C)C.Cc1ccc2c(c1)c1ccccc1n2-c1ccccc1. The molecule has 5 rings (SSSR count). The van der Waals surface area contributed by atoms with Crippen LogP contribution in [0, 0.1) is 12.3 Å². The van der Waals surface area contributed by atoms with Gasteiger partial charge in [-0.05, 0) is 95.5 Å². The van der Waals surface area contributed by atoms with E-state index in [1.54, 1.807) is 0 Å². The van der Waals surface area contributed by atoms with Crippen molar-refractivity contribution in [2.45, 2.75) is 74.8 Å². The van der Waals surface area contributed by atoms with Crippen LogP contribution in [-0.4, -0.2) is 15.0 Å². The highest BCUT2D eigenvalue weighted by Crippen LogP contribution is 2.35. The minimum atomic E-state index is -0.0540. The maximum Gasteiger partial charge on any atom is 0.0651 e. The summed E-state index contributed by atoms with van der Waals surface area (Å²) in [4.78, 5) is 2.29. The second kappa shape index (κ2) is 15.0. The van der Waals surface area contributed by atoms with Gasteiger partial charge in [-0.15, -0.1) is 0 Å². The van der Waals surface area contributed by atoms with E-state index in [0.717, 1.165) is 22.8 Å². The van der Waals surface area contributed by atoms with Gasteiger partial charge >= 0.3 is 0 Å². The Kier molecular flexibility index (Phi) is 11.7. The molecule has 0 unspecified atom stereocenters. The molecule has 2 heterocycles. The van der Waals surface area contributed by atoms with Gasteiger partial charge in [-0.3, -0.25) is 0 Å². The number of aromatic nitrogens is 1. The molecule has 0 amide bonds. The molecule has 3 nitrogen and oxygen atoms in total. The summed E-state index contributed by atoms with van der Waals surface area (Å²) in [6.07, 6.45) is 11.9. The molecule has 1 N–H and O–H groups in total. The van der Waals surface area contributed by atoms with Crippen molar-refractivity contribution in [2.24, 2.45) is 5.41 Å². The number of para-hydroxylation sites is 2. The highest BCUT2D eigenvalue weighted by atomic mass is 15.3. The van der Waals surface area contributed by atoms with Crippen LogP contribution in [0.5, 0.6) is 0 Å². The summed E-state index contributed by atoms with van der Waals surface area (Å²) in [5.74, 6) is 0. The van der Waals surface area contributed by atoms with E-state index in [0.29, 0.717) is 5.41 Å². The quantitative estimate of drug-likeness (QED) is 0.252. The van der Waals surface area contributed by atoms with E-state index in [2.05, 4.69) is 168 Å². The lowest BCUT2D eigenvalue weighted by atomic mass is 9.98. The van der Waals surface area contributed by atoms with E-state index >= 15 is 0 Å². The Morgan fingerprint density at radius 2 is 1.36 bits per heavy atom. The smallest absolute Gasteiger partial charge is 0.0651 e. The fraction of sp³-hybridized carbons (Fsp3) is 0.286. The summed E-state index contributed by atoms with van der Waals surface area (Å²) < 4.78 is 2.34. The fourth-order valence-electron chi connectivity index (χ4n) is 5.30. The molecule has 0 radical (unpaired) electrons. The first-order valence-electron chi connectivity index (χ1n) is 15.9. The van der Waals surface area contributed by atoms with E-state index in [1.165, 1.54) is 33.1 Å². The van der Waals surface area contributed by atoms with E-state index in [4.69, 9.17) is 0 Å². The van der Waals surface area contributed by atoms with Crippen LogP contribution in [0.25, 0.3) is 27.5 Å². The van der Waals surface area contributed by atoms with Gasteiger partial charge in [0.05, 0.1) is 33.8 Å². The first-order valence-corrected chi connectivity index (χ1v) is 15.9. The molecule has 0 saturated carbocycles. The molecule has 3 aromatic carbocycles. The monoisotopic (exact) mass is 599 g/mol. The number of nitrogens with zero attached hydrogens (tertiary/aromatic N) is 2. The predicted octanol–water partition coefficient (Wildman–Crippen LogP) is 11.8. The maximum atomic E-state index is 3.98. The number of fused-ring (bicyclic) bond motifs is 3. The summed E-state index contributed by atoms with van der Waals surface area (Å²) in [7, 11) is 0. The number of allylic oxidation sites excluding steroid dienone is 6. The number of benzene rings is 3. The topological polar surface area (TPSA) is 20.2 Å². The van der Waals surface area contributed by atoms with Crippen LogP contribution >= 0.6 is 0 Å². The Morgan fingerprint density at radius 3 is 1.91 bits per heavy atom. The van der Waals surface area contributed by atoms with Crippen molar-refractivity contribution in [1.82, 2.24) is 14.8 Å². The molecule has 3 heteroatoms. The van der Waals surface area contributed by atoms with Crippen molar-refractivity contribution in [1.29, 1.82) is 0 Å². The molecule has 1 aliphatic heterocycles. The van der Waals surface area contributed by atoms with Crippen molar-refractivity contribution >= 4 is 21.8 Å². The molecule has 4 aromatic rings. The van der Waals surface area contributed by atoms with Gasteiger partial charge in [0.15, 0.2) is 0 Å². The lowest BCUT2D eigenvalue weighted by Gasteiger charge is -2.44. The van der Waals surface area contributed by atoms with Gasteiger partial charge in [-0.25, -0.2) is 0 Å². The van der Waals surface area contributed by atoms with Crippen molar-refractivity contribution < 1.29 is 0 Å². The number of hydrogen-bond acceptors (Lipinski definition) is 2. The van der Waals surface area contributed by atoms with Crippen molar-refractivity contribution in [2.75, 3.05) is 0 Å². The first-order chi connectivity index (χ1) is 21.2. The zero-order valence-corrected chi connectivity index (χ0v) is 29.2. The molecular weight excluding hydrogens is 546 g/mol. The molecule has 0 bridgehead atoms. The van der Waals surface area contributed by atoms with Gasteiger partial charge in [0, 0.05) is 22.0 Å². The van der Waals surface area contributed by atoms with E-state index < -0.39 is 0 Å². The fourth-order valence-corrected chi connectivity index (χ4v) is 5.30. The van der Waals surface area contributed by atoms with Crippen molar-refractivity contribution in [3.05, 3.63) is 151 Å². The number of rotatable bonds is 4. The standard InChI is InChI=1S/C19H15N.C18H26N2.C5H12/c1-14-11-12-19-17(13-14)16-9-5-6-10-18(16)20(19)15-7-3-2-4-8-15;1-8-12-15-16(11-4)20(18(5,6)7)17(13-9-2)14(10-3)19-15;1-5(2,3)4/h2-13H,1H3;8-13,19H,2,4H2,1,3,5-7H3;1-4H3/b;12-8-,14-10+,17-13+;. The Bertz CT molecular complexity index is 1740. The Hall–Kier alpha value is -4.50. The molecule has 0 aliphatic carbocycles. The zero-order valence-electron chi connectivity index (χ0n) is 29.2. The second-order valence-corrected chi connectivity index (χ2v) is 13.8. The van der Waals surface area contributed by atoms with Gasteiger partial charge in [-0.1, -0.05) is 107 Å². The summed E-state index contributed by atoms with van der Waals surface area (Å²) >= 11 is 0. The molecule has 45 heavy (non-hydrogen) atoms. The zero-order chi connectivity index (χ0) is 33.4. The van der Waals surface area contributed by atoms with Crippen LogP contribution in [0.2, 0.25) is 0 Å². The highest BCUT2D eigenvalue weighted by Gasteiger charge is 2.32. The molecule has 1 aromatic heterocycles. The Morgan fingerprint density at radius 1 is 0.756 bits per heavy atom. The lowest BCUT2D eigenvalue weighted by molar-refractivity contribution is 0.237. The number of hydrogen-bond donors (Lipinski definition) is 1. The Balaban J connectivity index is 0.000000214. The number of nitrogens with one attached hydrogen (secondary N) is 1. The van der Waals surface area contributed by atoms with Gasteiger partial charge in [-0.2, -0.15) is 0 Å². The normalized spacial score (nSPS) is 15.6. The van der Waals surface area contributed by atoms with Crippen molar-refractivity contribution in [3.63, 3.8) is 0 Å². The van der Waals surface area contributed by atoms with E-state index in [1.807, 2.05) is 38.2 Å². The summed E-state index contributed by atoms with van der Waals surface area (Å²) in [5, 5.41) is 6.11.